The molecule has 0 radical (unpaired) electrons. The highest BCUT2D eigenvalue weighted by molar-refractivity contribution is 9.10. The minimum absolute atomic E-state index is 0.0724. The van der Waals surface area contributed by atoms with Gasteiger partial charge in [-0.3, -0.25) is 0 Å². The van der Waals surface area contributed by atoms with Crippen molar-refractivity contribution in [2.75, 3.05) is 0 Å². The number of halogens is 1. The molecule has 0 aromatic carbocycles. The average molecular weight is 256 g/mol. The summed E-state index contributed by atoms with van der Waals surface area (Å²) in [5.74, 6) is 1.69. The van der Waals surface area contributed by atoms with E-state index in [-0.39, 0.29) is 5.54 Å². The van der Waals surface area contributed by atoms with Gasteiger partial charge in [0.1, 0.15) is 10.4 Å². The lowest BCUT2D eigenvalue weighted by Crippen LogP contribution is -2.34. The molecule has 1 aliphatic carbocycles. The van der Waals surface area contributed by atoms with Gasteiger partial charge in [0.2, 0.25) is 0 Å². The summed E-state index contributed by atoms with van der Waals surface area (Å²) in [6, 6.07) is 0. The highest BCUT2D eigenvalue weighted by Gasteiger charge is 2.48. The number of fused-ring (bicyclic) bond motifs is 1. The second-order valence-electron chi connectivity index (χ2n) is 4.52. The molecular formula is C10H14BrN3. The Hall–Kier alpha value is -0.350. The van der Waals surface area contributed by atoms with Crippen LogP contribution in [0.3, 0.4) is 0 Å². The third-order valence-corrected chi connectivity index (χ3v) is 4.18. The fraction of sp³-hybridized carbons (Fsp3) is 0.700. The summed E-state index contributed by atoms with van der Waals surface area (Å²) >= 11 is 3.53. The van der Waals surface area contributed by atoms with Crippen molar-refractivity contribution in [3.8, 4) is 0 Å². The lowest BCUT2D eigenvalue weighted by Gasteiger charge is -2.28. The lowest BCUT2D eigenvalue weighted by molar-refractivity contribution is 0.377. The molecule has 1 unspecified atom stereocenters. The van der Waals surface area contributed by atoms with Crippen LogP contribution >= 0.6 is 15.9 Å². The molecule has 2 N–H and O–H groups in total. The summed E-state index contributed by atoms with van der Waals surface area (Å²) in [4.78, 5) is 4.48. The molecule has 1 saturated carbocycles. The maximum absolute atomic E-state index is 6.28. The van der Waals surface area contributed by atoms with Gasteiger partial charge in [0, 0.05) is 18.0 Å². The van der Waals surface area contributed by atoms with Gasteiger partial charge < -0.3 is 10.3 Å². The Labute approximate surface area is 91.8 Å². The largest absolute Gasteiger partial charge is 0.324 e. The normalized spacial score (nSPS) is 28.6. The molecule has 3 rings (SSSR count). The Morgan fingerprint density at radius 3 is 3.07 bits per heavy atom. The Kier molecular flexibility index (Phi) is 1.80. The fourth-order valence-electron chi connectivity index (χ4n) is 2.49. The third kappa shape index (κ3) is 1.17. The maximum atomic E-state index is 6.28. The monoisotopic (exact) mass is 255 g/mol. The molecule has 0 bridgehead atoms. The highest BCUT2D eigenvalue weighted by Crippen LogP contribution is 2.48. The van der Waals surface area contributed by atoms with Gasteiger partial charge in [-0.25, -0.2) is 4.98 Å². The van der Waals surface area contributed by atoms with E-state index < -0.39 is 0 Å². The highest BCUT2D eigenvalue weighted by atomic mass is 79.9. The predicted molar refractivity (Wildman–Crippen MR) is 58.1 cm³/mol. The molecule has 2 heterocycles. The molecule has 14 heavy (non-hydrogen) atoms. The molecule has 1 aromatic rings. The topological polar surface area (TPSA) is 43.8 Å². The number of aromatic nitrogens is 2. The second-order valence-corrected chi connectivity index (χ2v) is 5.33. The van der Waals surface area contributed by atoms with E-state index in [0.29, 0.717) is 5.92 Å². The Morgan fingerprint density at radius 1 is 1.57 bits per heavy atom. The summed E-state index contributed by atoms with van der Waals surface area (Å²) in [7, 11) is 0. The van der Waals surface area contributed by atoms with E-state index in [1.165, 1.54) is 31.5 Å². The van der Waals surface area contributed by atoms with E-state index in [1.807, 2.05) is 6.20 Å². The van der Waals surface area contributed by atoms with E-state index >= 15 is 0 Å². The zero-order valence-corrected chi connectivity index (χ0v) is 9.63. The zero-order valence-electron chi connectivity index (χ0n) is 8.04. The van der Waals surface area contributed by atoms with Gasteiger partial charge in [-0.2, -0.15) is 0 Å². The Balaban J connectivity index is 2.03. The van der Waals surface area contributed by atoms with Crippen LogP contribution in [0.15, 0.2) is 10.8 Å². The molecule has 4 heteroatoms. The van der Waals surface area contributed by atoms with E-state index in [2.05, 4.69) is 25.5 Å². The summed E-state index contributed by atoms with van der Waals surface area (Å²) in [5.41, 5.74) is 6.35. The van der Waals surface area contributed by atoms with Crippen LogP contribution in [0, 0.1) is 0 Å². The van der Waals surface area contributed by atoms with Gasteiger partial charge in [-0.15, -0.1) is 0 Å². The quantitative estimate of drug-likeness (QED) is 0.835. The minimum atomic E-state index is 0.0724. The lowest BCUT2D eigenvalue weighted by atomic mass is 9.89. The molecule has 1 atom stereocenters. The number of nitrogens with zero attached hydrogens (tertiary/aromatic N) is 2. The Bertz CT molecular complexity index is 367. The van der Waals surface area contributed by atoms with Crippen LogP contribution in [0.1, 0.15) is 37.4 Å². The number of hydrogen-bond donors (Lipinski definition) is 1. The van der Waals surface area contributed by atoms with Crippen LogP contribution in [0.2, 0.25) is 0 Å². The predicted octanol–water partition coefficient (Wildman–Crippen LogP) is 2.01. The zero-order chi connectivity index (χ0) is 9.76. The smallest absolute Gasteiger partial charge is 0.114 e. The van der Waals surface area contributed by atoms with Crippen molar-refractivity contribution in [1.82, 2.24) is 9.55 Å². The van der Waals surface area contributed by atoms with Gasteiger partial charge >= 0.3 is 0 Å². The second kappa shape index (κ2) is 2.83. The summed E-state index contributed by atoms with van der Waals surface area (Å²) < 4.78 is 3.36. The first-order valence-electron chi connectivity index (χ1n) is 5.20. The van der Waals surface area contributed by atoms with Crippen LogP contribution < -0.4 is 5.73 Å². The number of imidazole rings is 1. The Morgan fingerprint density at radius 2 is 2.36 bits per heavy atom. The van der Waals surface area contributed by atoms with E-state index in [0.717, 1.165) is 11.1 Å². The molecule has 3 nitrogen and oxygen atoms in total. The molecular weight excluding hydrogens is 242 g/mol. The molecule has 0 spiro atoms. The minimum Gasteiger partial charge on any atom is -0.324 e. The first-order valence-corrected chi connectivity index (χ1v) is 6.00. The van der Waals surface area contributed by atoms with Crippen LogP contribution in [0.5, 0.6) is 0 Å². The third-order valence-electron chi connectivity index (χ3n) is 3.55. The van der Waals surface area contributed by atoms with Gasteiger partial charge in [0.15, 0.2) is 0 Å². The van der Waals surface area contributed by atoms with Crippen LogP contribution in [-0.2, 0) is 6.54 Å². The van der Waals surface area contributed by atoms with Crippen LogP contribution in [0.4, 0.5) is 0 Å². The van der Waals surface area contributed by atoms with Crippen LogP contribution in [0.25, 0.3) is 0 Å². The van der Waals surface area contributed by atoms with Gasteiger partial charge in [-0.05, 0) is 41.6 Å². The number of hydrogen-bond acceptors (Lipinski definition) is 2. The van der Waals surface area contributed by atoms with Crippen molar-refractivity contribution in [1.29, 1.82) is 0 Å². The standard InChI is InChI=1S/C10H14BrN3/c11-8-6-13-9-7(10(12)3-4-10)2-1-5-14(8)9/h6-7H,1-5,12H2. The summed E-state index contributed by atoms with van der Waals surface area (Å²) in [6.45, 7) is 1.09. The molecule has 1 aliphatic heterocycles. The molecule has 1 fully saturated rings. The van der Waals surface area contributed by atoms with Gasteiger partial charge in [0.05, 0.1) is 6.20 Å². The average Bonchev–Trinajstić information content (AvgIpc) is 2.83. The van der Waals surface area contributed by atoms with Gasteiger partial charge in [0.25, 0.3) is 0 Å². The number of nitrogens with two attached hydrogens (primary N) is 1. The first-order chi connectivity index (χ1) is 6.71. The molecule has 1 aromatic heterocycles. The van der Waals surface area contributed by atoms with Crippen molar-refractivity contribution in [2.24, 2.45) is 5.73 Å². The van der Waals surface area contributed by atoms with E-state index in [9.17, 15) is 0 Å². The van der Waals surface area contributed by atoms with Crippen molar-refractivity contribution < 1.29 is 0 Å². The van der Waals surface area contributed by atoms with Gasteiger partial charge in [-0.1, -0.05) is 0 Å². The SMILES string of the molecule is NC1(C2CCCn3c(Br)cnc32)CC1. The molecule has 0 amide bonds. The molecule has 76 valence electrons. The van der Waals surface area contributed by atoms with Crippen molar-refractivity contribution in [2.45, 2.75) is 43.7 Å². The van der Waals surface area contributed by atoms with E-state index in [4.69, 9.17) is 5.73 Å². The van der Waals surface area contributed by atoms with E-state index in [1.54, 1.807) is 0 Å². The summed E-state index contributed by atoms with van der Waals surface area (Å²) in [5, 5.41) is 0. The molecule has 2 aliphatic rings. The number of rotatable bonds is 1. The summed E-state index contributed by atoms with van der Waals surface area (Å²) in [6.07, 6.45) is 6.68. The van der Waals surface area contributed by atoms with Crippen molar-refractivity contribution in [3.05, 3.63) is 16.6 Å². The first kappa shape index (κ1) is 8.92. The fourth-order valence-corrected chi connectivity index (χ4v) is 2.95. The maximum Gasteiger partial charge on any atom is 0.114 e. The molecule has 0 saturated heterocycles. The van der Waals surface area contributed by atoms with Crippen molar-refractivity contribution >= 4 is 15.9 Å². The van der Waals surface area contributed by atoms with Crippen LogP contribution in [-0.4, -0.2) is 15.1 Å². The van der Waals surface area contributed by atoms with Crippen molar-refractivity contribution in [3.63, 3.8) is 0 Å².